The van der Waals surface area contributed by atoms with Crippen molar-refractivity contribution >= 4 is 58.4 Å². The molecule has 0 radical (unpaired) electrons. The normalized spacial score (nSPS) is 10.2. The summed E-state index contributed by atoms with van der Waals surface area (Å²) in [7, 11) is 0. The molecular formula is C21H21N7OS. The van der Waals surface area contributed by atoms with Gasteiger partial charge in [0.1, 0.15) is 5.82 Å². The van der Waals surface area contributed by atoms with Crippen LogP contribution in [0, 0.1) is 5.41 Å². The first-order valence-corrected chi connectivity index (χ1v) is 10.1. The van der Waals surface area contributed by atoms with E-state index in [9.17, 15) is 4.79 Å². The number of nitrogens with one attached hydrogen (secondary N) is 4. The maximum absolute atomic E-state index is 11.5. The van der Waals surface area contributed by atoms with Crippen LogP contribution in [-0.4, -0.2) is 28.3 Å². The first-order valence-electron chi connectivity index (χ1n) is 8.91. The molecule has 2 aromatic carbocycles. The molecule has 0 saturated heterocycles. The largest absolute Gasteiger partial charge is 0.398 e. The SMILES string of the molecule is C=CC(=O)Nc1cccc(Nc2nc(Nc3ccc(N)c(C=N)c3)ncc2SC)c1. The number of carbonyl (C=O) groups excluding carboxylic acids is 1. The number of thioether (sulfide) groups is 1. The Morgan fingerprint density at radius 1 is 1.17 bits per heavy atom. The monoisotopic (exact) mass is 419 g/mol. The summed E-state index contributed by atoms with van der Waals surface area (Å²) in [6, 6.07) is 12.6. The fourth-order valence-electron chi connectivity index (χ4n) is 2.58. The maximum Gasteiger partial charge on any atom is 0.247 e. The van der Waals surface area contributed by atoms with Crippen molar-refractivity contribution < 1.29 is 4.79 Å². The van der Waals surface area contributed by atoms with Gasteiger partial charge >= 0.3 is 0 Å². The van der Waals surface area contributed by atoms with Gasteiger partial charge in [-0.15, -0.1) is 11.8 Å². The number of anilines is 6. The summed E-state index contributed by atoms with van der Waals surface area (Å²) in [6.07, 6.45) is 6.08. The van der Waals surface area contributed by atoms with Crippen LogP contribution >= 0.6 is 11.8 Å². The molecule has 0 aliphatic carbocycles. The van der Waals surface area contributed by atoms with Crippen molar-refractivity contribution in [2.75, 3.05) is 27.9 Å². The van der Waals surface area contributed by atoms with E-state index in [1.165, 1.54) is 24.1 Å². The minimum atomic E-state index is -0.279. The van der Waals surface area contributed by atoms with Crippen LogP contribution in [0.4, 0.5) is 34.5 Å². The van der Waals surface area contributed by atoms with E-state index in [2.05, 4.69) is 32.5 Å². The fourth-order valence-corrected chi connectivity index (χ4v) is 3.03. The van der Waals surface area contributed by atoms with Crippen LogP contribution in [0.1, 0.15) is 5.56 Å². The van der Waals surface area contributed by atoms with Gasteiger partial charge in [-0.25, -0.2) is 4.98 Å². The van der Waals surface area contributed by atoms with E-state index in [-0.39, 0.29) is 5.91 Å². The van der Waals surface area contributed by atoms with Gasteiger partial charge in [-0.2, -0.15) is 4.98 Å². The molecule has 30 heavy (non-hydrogen) atoms. The molecule has 0 fully saturated rings. The Hall–Kier alpha value is -3.85. The molecule has 3 rings (SSSR count). The van der Waals surface area contributed by atoms with Gasteiger partial charge in [-0.1, -0.05) is 12.6 Å². The zero-order chi connectivity index (χ0) is 21.5. The molecule has 6 N–H and O–H groups in total. The third kappa shape index (κ3) is 5.15. The van der Waals surface area contributed by atoms with Gasteiger partial charge in [0.05, 0.1) is 4.90 Å². The average Bonchev–Trinajstić information content (AvgIpc) is 2.75. The Labute approximate surface area is 178 Å². The highest BCUT2D eigenvalue weighted by atomic mass is 32.2. The summed E-state index contributed by atoms with van der Waals surface area (Å²) >= 11 is 1.51. The first-order chi connectivity index (χ1) is 14.5. The first kappa shape index (κ1) is 20.9. The molecule has 9 heteroatoms. The van der Waals surface area contributed by atoms with Crippen molar-refractivity contribution in [1.82, 2.24) is 9.97 Å². The lowest BCUT2D eigenvalue weighted by Crippen LogP contribution is -2.07. The number of amides is 1. The number of nitrogens with two attached hydrogens (primary N) is 1. The topological polar surface area (TPSA) is 129 Å². The molecule has 0 atom stereocenters. The molecule has 0 aliphatic rings. The third-order valence-electron chi connectivity index (χ3n) is 4.05. The van der Waals surface area contributed by atoms with Crippen molar-refractivity contribution in [3.8, 4) is 0 Å². The number of aromatic nitrogens is 2. The number of rotatable bonds is 8. The van der Waals surface area contributed by atoms with E-state index in [0.717, 1.165) is 16.3 Å². The Balaban J connectivity index is 1.85. The number of nitrogens with zero attached hydrogens (tertiary/aromatic N) is 2. The lowest BCUT2D eigenvalue weighted by molar-refractivity contribution is -0.111. The van der Waals surface area contributed by atoms with Crippen LogP contribution in [-0.2, 0) is 4.79 Å². The molecule has 3 aromatic rings. The fraction of sp³-hybridized carbons (Fsp3) is 0.0476. The van der Waals surface area contributed by atoms with Crippen LogP contribution in [0.25, 0.3) is 0 Å². The van der Waals surface area contributed by atoms with Gasteiger partial charge in [0.15, 0.2) is 0 Å². The molecule has 1 heterocycles. The smallest absolute Gasteiger partial charge is 0.247 e. The van der Waals surface area contributed by atoms with Crippen molar-refractivity contribution in [2.24, 2.45) is 0 Å². The Bertz CT molecular complexity index is 1100. The van der Waals surface area contributed by atoms with E-state index in [4.69, 9.17) is 11.1 Å². The minimum absolute atomic E-state index is 0.279. The lowest BCUT2D eigenvalue weighted by atomic mass is 10.2. The number of carbonyl (C=O) groups is 1. The highest BCUT2D eigenvalue weighted by Crippen LogP contribution is 2.28. The Morgan fingerprint density at radius 3 is 2.67 bits per heavy atom. The summed E-state index contributed by atoms with van der Waals surface area (Å²) in [5.74, 6) is 0.736. The summed E-state index contributed by atoms with van der Waals surface area (Å²) in [5.41, 5.74) is 9.10. The van der Waals surface area contributed by atoms with Gasteiger partial charge in [-0.05, 0) is 48.7 Å². The summed E-state index contributed by atoms with van der Waals surface area (Å²) in [5, 5.41) is 16.6. The third-order valence-corrected chi connectivity index (χ3v) is 4.79. The molecule has 0 unspecified atom stereocenters. The van der Waals surface area contributed by atoms with Crippen LogP contribution in [0.5, 0.6) is 0 Å². The quantitative estimate of drug-likeness (QED) is 0.158. The molecule has 0 saturated carbocycles. The summed E-state index contributed by atoms with van der Waals surface area (Å²) in [4.78, 5) is 21.3. The maximum atomic E-state index is 11.5. The van der Waals surface area contributed by atoms with E-state index in [1.807, 2.05) is 18.4 Å². The lowest BCUT2D eigenvalue weighted by Gasteiger charge is -2.13. The summed E-state index contributed by atoms with van der Waals surface area (Å²) < 4.78 is 0. The standard InChI is InChI=1S/C21H21N7OS/c1-3-19(29)25-14-5-4-6-15(10-14)26-20-18(30-2)12-24-21(28-20)27-16-7-8-17(23)13(9-16)11-22/h3-12,22H,1,23H2,2H3,(H,25,29)(H2,24,26,27,28). The van der Waals surface area contributed by atoms with E-state index in [0.29, 0.717) is 28.7 Å². The van der Waals surface area contributed by atoms with Gasteiger partial charge < -0.3 is 27.1 Å². The van der Waals surface area contributed by atoms with Crippen LogP contribution in [0.15, 0.2) is 66.2 Å². The van der Waals surface area contributed by atoms with Gasteiger partial charge in [0.2, 0.25) is 11.9 Å². The zero-order valence-electron chi connectivity index (χ0n) is 16.3. The Morgan fingerprint density at radius 2 is 1.93 bits per heavy atom. The van der Waals surface area contributed by atoms with E-state index in [1.54, 1.807) is 36.5 Å². The number of hydrogen-bond acceptors (Lipinski definition) is 8. The molecule has 0 bridgehead atoms. The highest BCUT2D eigenvalue weighted by molar-refractivity contribution is 7.98. The molecule has 1 aromatic heterocycles. The highest BCUT2D eigenvalue weighted by Gasteiger charge is 2.09. The molecular weight excluding hydrogens is 398 g/mol. The predicted molar refractivity (Wildman–Crippen MR) is 124 cm³/mol. The second kappa shape index (κ2) is 9.57. The van der Waals surface area contributed by atoms with Gasteiger partial charge in [-0.3, -0.25) is 4.79 Å². The molecule has 0 aliphatic heterocycles. The second-order valence-electron chi connectivity index (χ2n) is 6.12. The van der Waals surface area contributed by atoms with Gasteiger partial charge in [0, 0.05) is 40.7 Å². The van der Waals surface area contributed by atoms with Crippen molar-refractivity contribution in [1.29, 1.82) is 5.41 Å². The molecule has 152 valence electrons. The predicted octanol–water partition coefficient (Wildman–Crippen LogP) is 4.39. The number of benzene rings is 2. The Kier molecular flexibility index (Phi) is 6.66. The van der Waals surface area contributed by atoms with Crippen molar-refractivity contribution in [2.45, 2.75) is 4.90 Å². The van der Waals surface area contributed by atoms with Crippen LogP contribution in [0.3, 0.4) is 0 Å². The second-order valence-corrected chi connectivity index (χ2v) is 6.97. The van der Waals surface area contributed by atoms with Crippen LogP contribution in [0.2, 0.25) is 0 Å². The van der Waals surface area contributed by atoms with Crippen LogP contribution < -0.4 is 21.7 Å². The zero-order valence-corrected chi connectivity index (χ0v) is 17.1. The average molecular weight is 420 g/mol. The van der Waals surface area contributed by atoms with E-state index >= 15 is 0 Å². The number of hydrogen-bond donors (Lipinski definition) is 5. The van der Waals surface area contributed by atoms with Gasteiger partial charge in [0.25, 0.3) is 0 Å². The van der Waals surface area contributed by atoms with Crippen molar-refractivity contribution in [3.05, 3.63) is 66.9 Å². The number of nitrogen functional groups attached to an aromatic ring is 1. The van der Waals surface area contributed by atoms with Crippen molar-refractivity contribution in [3.63, 3.8) is 0 Å². The molecule has 0 spiro atoms. The molecule has 1 amide bonds. The molecule has 8 nitrogen and oxygen atoms in total. The van der Waals surface area contributed by atoms with E-state index < -0.39 is 0 Å². The summed E-state index contributed by atoms with van der Waals surface area (Å²) in [6.45, 7) is 3.46. The minimum Gasteiger partial charge on any atom is -0.398 e.